The van der Waals surface area contributed by atoms with E-state index in [1.165, 1.54) is 24.8 Å². The van der Waals surface area contributed by atoms with Crippen molar-refractivity contribution in [2.45, 2.75) is 38.2 Å². The van der Waals surface area contributed by atoms with Crippen molar-refractivity contribution in [2.75, 3.05) is 11.0 Å². The monoisotopic (exact) mass is 344 g/mol. The van der Waals surface area contributed by atoms with Crippen LogP contribution in [0.1, 0.15) is 37.7 Å². The summed E-state index contributed by atoms with van der Waals surface area (Å²) in [6, 6.07) is 11.0. The minimum atomic E-state index is 0.453. The van der Waals surface area contributed by atoms with Gasteiger partial charge in [-0.15, -0.1) is 0 Å². The quantitative estimate of drug-likeness (QED) is 0.581. The molecule has 1 nitrogen and oxygen atoms in total. The van der Waals surface area contributed by atoms with Crippen molar-refractivity contribution in [2.24, 2.45) is 5.92 Å². The second kappa shape index (κ2) is 6.74. The van der Waals surface area contributed by atoms with Gasteiger partial charge in [-0.3, -0.25) is 0 Å². The molecule has 1 aliphatic rings. The van der Waals surface area contributed by atoms with Gasteiger partial charge < -0.3 is 4.74 Å². The van der Waals surface area contributed by atoms with E-state index in [0.717, 1.165) is 11.0 Å². The van der Waals surface area contributed by atoms with Crippen LogP contribution in [0, 0.1) is 5.92 Å². The molecule has 2 heteroatoms. The van der Waals surface area contributed by atoms with Crippen molar-refractivity contribution in [3.8, 4) is 0 Å². The maximum absolute atomic E-state index is 5.94. The van der Waals surface area contributed by atoms with Gasteiger partial charge in [0.25, 0.3) is 0 Å². The largest absolute Gasteiger partial charge is 0.377 e. The van der Waals surface area contributed by atoms with E-state index in [9.17, 15) is 0 Å². The van der Waals surface area contributed by atoms with Crippen LogP contribution in [-0.2, 0) is 4.74 Å². The Labute approximate surface area is 118 Å². The summed E-state index contributed by atoms with van der Waals surface area (Å²) in [6.45, 7) is 3.20. The Bertz CT molecular complexity index is 325. The fourth-order valence-corrected chi connectivity index (χ4v) is 3.84. The summed E-state index contributed by atoms with van der Waals surface area (Å²) in [6.07, 6.45) is 4.18. The van der Waals surface area contributed by atoms with E-state index in [1.54, 1.807) is 0 Å². The molecule has 0 radical (unpaired) electrons. The van der Waals surface area contributed by atoms with E-state index in [4.69, 9.17) is 4.74 Å². The predicted octanol–water partition coefficient (Wildman–Crippen LogP) is 4.41. The predicted molar refractivity (Wildman–Crippen MR) is 80.8 cm³/mol. The van der Waals surface area contributed by atoms with Gasteiger partial charge in [0.1, 0.15) is 0 Å². The van der Waals surface area contributed by atoms with Gasteiger partial charge in [-0.1, -0.05) is 66.3 Å². The smallest absolute Gasteiger partial charge is 0.0698 e. The molecule has 1 heterocycles. The summed E-state index contributed by atoms with van der Waals surface area (Å²) in [5, 5.41) is 0. The molecule has 17 heavy (non-hydrogen) atoms. The van der Waals surface area contributed by atoms with Gasteiger partial charge in [-0.05, 0) is 30.2 Å². The van der Waals surface area contributed by atoms with E-state index < -0.39 is 0 Å². The Balaban J connectivity index is 2.18. The highest BCUT2D eigenvalue weighted by molar-refractivity contribution is 14.1. The van der Waals surface area contributed by atoms with E-state index in [2.05, 4.69) is 59.8 Å². The average Bonchev–Trinajstić information content (AvgIpc) is 2.40. The fourth-order valence-electron chi connectivity index (χ4n) is 2.94. The summed E-state index contributed by atoms with van der Waals surface area (Å²) >= 11 is 2.47. The molecule has 1 aromatic carbocycles. The zero-order valence-electron chi connectivity index (χ0n) is 10.4. The minimum Gasteiger partial charge on any atom is -0.377 e. The molecule has 1 fully saturated rings. The van der Waals surface area contributed by atoms with Crippen LogP contribution in [0.2, 0.25) is 0 Å². The van der Waals surface area contributed by atoms with Crippen molar-refractivity contribution in [3.63, 3.8) is 0 Å². The van der Waals surface area contributed by atoms with Crippen molar-refractivity contribution in [3.05, 3.63) is 35.9 Å². The number of rotatable bonds is 4. The van der Waals surface area contributed by atoms with Crippen LogP contribution in [0.25, 0.3) is 0 Å². The molecule has 0 spiro atoms. The Hall–Kier alpha value is -0.0900. The molecular weight excluding hydrogens is 323 g/mol. The Morgan fingerprint density at radius 2 is 2.06 bits per heavy atom. The maximum atomic E-state index is 5.94. The minimum absolute atomic E-state index is 0.453. The highest BCUT2D eigenvalue weighted by Crippen LogP contribution is 2.38. The molecule has 2 rings (SSSR count). The second-order valence-corrected chi connectivity index (χ2v) is 5.70. The first-order valence-corrected chi connectivity index (χ1v) is 8.12. The van der Waals surface area contributed by atoms with Gasteiger partial charge in [0.05, 0.1) is 6.10 Å². The molecule has 0 unspecified atom stereocenters. The molecule has 0 bridgehead atoms. The number of alkyl halides is 1. The van der Waals surface area contributed by atoms with Gasteiger partial charge >= 0.3 is 0 Å². The number of hydrogen-bond donors (Lipinski definition) is 0. The normalized spacial score (nSPS) is 29.2. The summed E-state index contributed by atoms with van der Waals surface area (Å²) in [5.74, 6) is 1.40. The molecule has 0 amide bonds. The van der Waals surface area contributed by atoms with Crippen LogP contribution in [-0.4, -0.2) is 17.1 Å². The zero-order chi connectivity index (χ0) is 12.1. The van der Waals surface area contributed by atoms with E-state index in [1.807, 2.05) is 0 Å². The van der Waals surface area contributed by atoms with Crippen LogP contribution in [0.5, 0.6) is 0 Å². The molecule has 94 valence electrons. The SMILES string of the molecule is CCC[C@@H]1[C@@H](CI)OCC[C@H]1c1ccccc1. The maximum Gasteiger partial charge on any atom is 0.0698 e. The van der Waals surface area contributed by atoms with Gasteiger partial charge in [0.15, 0.2) is 0 Å². The molecule has 1 saturated heterocycles. The fraction of sp³-hybridized carbons (Fsp3) is 0.600. The topological polar surface area (TPSA) is 9.23 Å². The lowest BCUT2D eigenvalue weighted by atomic mass is 9.77. The first kappa shape index (κ1) is 13.3. The lowest BCUT2D eigenvalue weighted by Crippen LogP contribution is -2.36. The van der Waals surface area contributed by atoms with E-state index >= 15 is 0 Å². The summed E-state index contributed by atoms with van der Waals surface area (Å²) in [7, 11) is 0. The zero-order valence-corrected chi connectivity index (χ0v) is 12.6. The first-order valence-electron chi connectivity index (χ1n) is 6.59. The van der Waals surface area contributed by atoms with E-state index in [-0.39, 0.29) is 0 Å². The number of hydrogen-bond acceptors (Lipinski definition) is 1. The van der Waals surface area contributed by atoms with Crippen LogP contribution >= 0.6 is 22.6 Å². The van der Waals surface area contributed by atoms with Crippen molar-refractivity contribution in [1.82, 2.24) is 0 Å². The summed E-state index contributed by atoms with van der Waals surface area (Å²) in [4.78, 5) is 0. The van der Waals surface area contributed by atoms with Gasteiger partial charge in [-0.25, -0.2) is 0 Å². The highest BCUT2D eigenvalue weighted by atomic mass is 127. The first-order chi connectivity index (χ1) is 8.36. The Kier molecular flexibility index (Phi) is 5.29. The number of ether oxygens (including phenoxy) is 1. The summed E-state index contributed by atoms with van der Waals surface area (Å²) in [5.41, 5.74) is 1.50. The van der Waals surface area contributed by atoms with Crippen LogP contribution < -0.4 is 0 Å². The molecule has 0 aromatic heterocycles. The summed E-state index contributed by atoms with van der Waals surface area (Å²) < 4.78 is 7.05. The average molecular weight is 344 g/mol. The lowest BCUT2D eigenvalue weighted by molar-refractivity contribution is -0.0251. The Morgan fingerprint density at radius 1 is 1.29 bits per heavy atom. The third-order valence-electron chi connectivity index (χ3n) is 3.76. The molecular formula is C15H21IO. The van der Waals surface area contributed by atoms with Crippen LogP contribution in [0.15, 0.2) is 30.3 Å². The van der Waals surface area contributed by atoms with Crippen molar-refractivity contribution in [1.29, 1.82) is 0 Å². The molecule has 1 aliphatic heterocycles. The van der Waals surface area contributed by atoms with Crippen molar-refractivity contribution < 1.29 is 4.74 Å². The van der Waals surface area contributed by atoms with Crippen molar-refractivity contribution >= 4 is 22.6 Å². The van der Waals surface area contributed by atoms with Gasteiger partial charge in [-0.2, -0.15) is 0 Å². The molecule has 1 aromatic rings. The molecule has 0 aliphatic carbocycles. The second-order valence-electron chi connectivity index (χ2n) is 4.82. The molecule has 0 saturated carbocycles. The van der Waals surface area contributed by atoms with Gasteiger partial charge in [0.2, 0.25) is 0 Å². The number of halogens is 1. The third kappa shape index (κ3) is 3.22. The highest BCUT2D eigenvalue weighted by Gasteiger charge is 2.33. The van der Waals surface area contributed by atoms with Gasteiger partial charge in [0, 0.05) is 11.0 Å². The standard InChI is InChI=1S/C15H21IO/c1-2-6-14-13(9-10-17-15(14)11-16)12-7-4-3-5-8-12/h3-5,7-8,13-15H,2,6,9-11H2,1H3/t13-,14-,15+/m0/s1. The van der Waals surface area contributed by atoms with Crippen LogP contribution in [0.3, 0.4) is 0 Å². The molecule has 0 N–H and O–H groups in total. The van der Waals surface area contributed by atoms with Crippen LogP contribution in [0.4, 0.5) is 0 Å². The lowest BCUT2D eigenvalue weighted by Gasteiger charge is -2.38. The number of benzene rings is 1. The Morgan fingerprint density at radius 3 is 2.71 bits per heavy atom. The molecule has 3 atom stereocenters. The van der Waals surface area contributed by atoms with E-state index in [0.29, 0.717) is 17.9 Å². The third-order valence-corrected chi connectivity index (χ3v) is 4.63.